The third-order valence-corrected chi connectivity index (χ3v) is 5.37. The van der Waals surface area contributed by atoms with Crippen molar-refractivity contribution in [3.63, 3.8) is 0 Å². The molecule has 24 heavy (non-hydrogen) atoms. The van der Waals surface area contributed by atoms with Gasteiger partial charge in [-0.2, -0.15) is 0 Å². The second kappa shape index (κ2) is 6.31. The molecule has 1 N–H and O–H groups in total. The monoisotopic (exact) mass is 329 g/mol. The van der Waals surface area contributed by atoms with E-state index < -0.39 is 5.79 Å². The Balaban J connectivity index is 1.63. The zero-order valence-corrected chi connectivity index (χ0v) is 14.2. The lowest BCUT2D eigenvalue weighted by molar-refractivity contribution is -0.904. The summed E-state index contributed by atoms with van der Waals surface area (Å²) in [6.07, 6.45) is 6.26. The highest BCUT2D eigenvalue weighted by molar-refractivity contribution is 6.05. The van der Waals surface area contributed by atoms with E-state index in [-0.39, 0.29) is 5.91 Å². The van der Waals surface area contributed by atoms with Crippen molar-refractivity contribution in [1.82, 2.24) is 0 Å². The van der Waals surface area contributed by atoms with Crippen LogP contribution in [0.25, 0.3) is 0 Å². The smallest absolute Gasteiger partial charge is 0.296 e. The number of anilines is 1. The van der Waals surface area contributed by atoms with Gasteiger partial charge < -0.3 is 14.4 Å². The van der Waals surface area contributed by atoms with Crippen LogP contribution in [-0.2, 0) is 20.1 Å². The number of benzene rings is 1. The van der Waals surface area contributed by atoms with Gasteiger partial charge in [0.15, 0.2) is 6.67 Å². The van der Waals surface area contributed by atoms with Gasteiger partial charge in [-0.1, -0.05) is 37.3 Å². The number of rotatable bonds is 2. The van der Waals surface area contributed by atoms with E-state index in [9.17, 15) is 4.79 Å². The van der Waals surface area contributed by atoms with Gasteiger partial charge in [-0.25, -0.2) is 0 Å². The van der Waals surface area contributed by atoms with Crippen LogP contribution in [0.4, 0.5) is 5.69 Å². The van der Waals surface area contributed by atoms with E-state index in [4.69, 9.17) is 9.47 Å². The summed E-state index contributed by atoms with van der Waals surface area (Å²) >= 11 is 0. The van der Waals surface area contributed by atoms with Crippen molar-refractivity contribution in [3.8, 4) is 0 Å². The molecule has 4 rings (SSSR count). The van der Waals surface area contributed by atoms with Crippen LogP contribution in [0.5, 0.6) is 0 Å². The quantitative estimate of drug-likeness (QED) is 0.825. The molecule has 5 nitrogen and oxygen atoms in total. The van der Waals surface area contributed by atoms with Crippen molar-refractivity contribution in [2.24, 2.45) is 5.92 Å². The van der Waals surface area contributed by atoms with Crippen LogP contribution in [0.1, 0.15) is 25.3 Å². The lowest BCUT2D eigenvalue weighted by atomic mass is 10.00. The number of para-hydroxylation sites is 1. The molecule has 1 fully saturated rings. The minimum atomic E-state index is -1.28. The lowest BCUT2D eigenvalue weighted by Crippen LogP contribution is -3.14. The molecule has 3 heterocycles. The summed E-state index contributed by atoms with van der Waals surface area (Å²) in [6.45, 7) is 6.00. The Morgan fingerprint density at radius 2 is 1.83 bits per heavy atom. The van der Waals surface area contributed by atoms with Gasteiger partial charge in [-0.05, 0) is 24.8 Å². The molecule has 0 atom stereocenters. The van der Waals surface area contributed by atoms with E-state index in [0.29, 0.717) is 19.9 Å². The van der Waals surface area contributed by atoms with Crippen molar-refractivity contribution in [1.29, 1.82) is 0 Å². The second-order valence-corrected chi connectivity index (χ2v) is 7.05. The molecule has 0 aliphatic carbocycles. The van der Waals surface area contributed by atoms with Crippen LogP contribution >= 0.6 is 0 Å². The summed E-state index contributed by atoms with van der Waals surface area (Å²) in [4.78, 5) is 16.6. The minimum absolute atomic E-state index is 0.0847. The number of amides is 1. The molecular weight excluding hydrogens is 304 g/mol. The SMILES string of the molecule is CC1CC[NH+](CN2C(=O)C3(OCC=CCO3)c3ccccc32)CC1. The highest BCUT2D eigenvalue weighted by Crippen LogP contribution is 2.43. The summed E-state index contributed by atoms with van der Waals surface area (Å²) in [5.74, 6) is -0.567. The number of ether oxygens (including phenoxy) is 2. The maximum absolute atomic E-state index is 13.3. The van der Waals surface area contributed by atoms with E-state index in [2.05, 4.69) is 6.92 Å². The Hall–Kier alpha value is -1.69. The number of hydrogen-bond donors (Lipinski definition) is 1. The third-order valence-electron chi connectivity index (χ3n) is 5.37. The van der Waals surface area contributed by atoms with Crippen LogP contribution in [0.15, 0.2) is 36.4 Å². The van der Waals surface area contributed by atoms with E-state index in [1.165, 1.54) is 17.7 Å². The van der Waals surface area contributed by atoms with Crippen LogP contribution in [0.2, 0.25) is 0 Å². The normalized spacial score (nSPS) is 28.9. The fourth-order valence-corrected chi connectivity index (χ4v) is 3.89. The van der Waals surface area contributed by atoms with Gasteiger partial charge in [0.1, 0.15) is 0 Å². The predicted molar refractivity (Wildman–Crippen MR) is 90.6 cm³/mol. The first-order valence-corrected chi connectivity index (χ1v) is 8.88. The molecule has 5 heteroatoms. The van der Waals surface area contributed by atoms with Crippen LogP contribution in [0, 0.1) is 5.92 Å². The van der Waals surface area contributed by atoms with Crippen molar-refractivity contribution in [2.75, 3.05) is 37.9 Å². The molecule has 1 aromatic carbocycles. The minimum Gasteiger partial charge on any atom is -0.334 e. The van der Waals surface area contributed by atoms with E-state index in [0.717, 1.165) is 30.3 Å². The standard InChI is InChI=1S/C19H24N2O3/c1-15-8-10-20(11-9-15)14-21-17-7-3-2-6-16(17)19(18(21)22)23-12-4-5-13-24-19/h2-7,15H,8-14H2,1H3/p+1. The second-order valence-electron chi connectivity index (χ2n) is 7.05. The summed E-state index contributed by atoms with van der Waals surface area (Å²) in [5.41, 5.74) is 1.76. The first-order valence-electron chi connectivity index (χ1n) is 8.88. The van der Waals surface area contributed by atoms with Crippen LogP contribution in [0.3, 0.4) is 0 Å². The lowest BCUT2D eigenvalue weighted by Gasteiger charge is -2.31. The molecule has 3 aliphatic rings. The highest BCUT2D eigenvalue weighted by Gasteiger charge is 2.54. The van der Waals surface area contributed by atoms with Crippen molar-refractivity contribution in [3.05, 3.63) is 42.0 Å². The van der Waals surface area contributed by atoms with Gasteiger partial charge >= 0.3 is 0 Å². The molecule has 1 aromatic rings. The molecule has 0 bridgehead atoms. The number of likely N-dealkylation sites (tertiary alicyclic amines) is 1. The fourth-order valence-electron chi connectivity index (χ4n) is 3.89. The zero-order chi connectivity index (χ0) is 16.6. The summed E-state index contributed by atoms with van der Waals surface area (Å²) < 4.78 is 11.8. The number of nitrogens with zero attached hydrogens (tertiary/aromatic N) is 1. The third kappa shape index (κ3) is 2.57. The molecule has 1 amide bonds. The number of piperidine rings is 1. The maximum atomic E-state index is 13.3. The number of fused-ring (bicyclic) bond motifs is 2. The number of nitrogens with one attached hydrogen (secondary N) is 1. The number of carbonyl (C=O) groups excluding carboxylic acids is 1. The van der Waals surface area contributed by atoms with Gasteiger partial charge in [0.05, 0.1) is 32.0 Å². The molecule has 0 aromatic heterocycles. The molecule has 0 unspecified atom stereocenters. The molecule has 1 spiro atoms. The average Bonchev–Trinajstić information content (AvgIpc) is 2.78. The van der Waals surface area contributed by atoms with Crippen molar-refractivity contribution >= 4 is 11.6 Å². The zero-order valence-electron chi connectivity index (χ0n) is 14.2. The number of quaternary nitrogens is 1. The van der Waals surface area contributed by atoms with E-state index >= 15 is 0 Å². The Bertz CT molecular complexity index is 640. The summed E-state index contributed by atoms with van der Waals surface area (Å²) in [7, 11) is 0. The maximum Gasteiger partial charge on any atom is 0.296 e. The van der Waals surface area contributed by atoms with Gasteiger partial charge in [0.25, 0.3) is 11.7 Å². The van der Waals surface area contributed by atoms with Crippen LogP contribution < -0.4 is 9.80 Å². The Morgan fingerprint density at radius 1 is 1.17 bits per heavy atom. The molecule has 0 saturated carbocycles. The van der Waals surface area contributed by atoms with Crippen molar-refractivity contribution in [2.45, 2.75) is 25.6 Å². The molecule has 3 aliphatic heterocycles. The summed E-state index contributed by atoms with van der Waals surface area (Å²) in [6, 6.07) is 7.86. The highest BCUT2D eigenvalue weighted by atomic mass is 16.7. The predicted octanol–water partition coefficient (Wildman–Crippen LogP) is 1.06. The van der Waals surface area contributed by atoms with Gasteiger partial charge in [0.2, 0.25) is 0 Å². The largest absolute Gasteiger partial charge is 0.334 e. The molecular formula is C19H25N2O3+. The first kappa shape index (κ1) is 15.8. The van der Waals surface area contributed by atoms with Gasteiger partial charge in [-0.3, -0.25) is 9.69 Å². The Morgan fingerprint density at radius 3 is 2.54 bits per heavy atom. The van der Waals surface area contributed by atoms with Crippen LogP contribution in [-0.4, -0.2) is 38.9 Å². The van der Waals surface area contributed by atoms with Crippen molar-refractivity contribution < 1.29 is 19.2 Å². The topological polar surface area (TPSA) is 43.2 Å². The number of hydrogen-bond acceptors (Lipinski definition) is 3. The first-order chi connectivity index (χ1) is 11.7. The van der Waals surface area contributed by atoms with E-state index in [1.807, 2.05) is 41.3 Å². The summed E-state index contributed by atoms with van der Waals surface area (Å²) in [5, 5.41) is 0. The Kier molecular flexibility index (Phi) is 4.16. The molecule has 0 radical (unpaired) electrons. The number of carbonyl (C=O) groups is 1. The molecule has 1 saturated heterocycles. The van der Waals surface area contributed by atoms with E-state index in [1.54, 1.807) is 0 Å². The fraction of sp³-hybridized carbons (Fsp3) is 0.526. The van der Waals surface area contributed by atoms with Gasteiger partial charge in [-0.15, -0.1) is 0 Å². The Labute approximate surface area is 142 Å². The average molecular weight is 329 g/mol. The van der Waals surface area contributed by atoms with Gasteiger partial charge in [0, 0.05) is 5.56 Å². The molecule has 128 valence electrons.